The van der Waals surface area contributed by atoms with E-state index in [9.17, 15) is 9.59 Å². The summed E-state index contributed by atoms with van der Waals surface area (Å²) in [5.41, 5.74) is 0.555. The van der Waals surface area contributed by atoms with Gasteiger partial charge in [-0.3, -0.25) is 14.5 Å². The Hall–Kier alpha value is -1.89. The van der Waals surface area contributed by atoms with Crippen LogP contribution in [0.15, 0.2) is 17.1 Å². The van der Waals surface area contributed by atoms with Gasteiger partial charge in [0.05, 0.1) is 11.9 Å². The number of amides is 1. The van der Waals surface area contributed by atoms with E-state index in [1.807, 2.05) is 0 Å². The molecule has 3 aliphatic rings. The van der Waals surface area contributed by atoms with Gasteiger partial charge in [0.1, 0.15) is 5.54 Å². The molecule has 0 unspecified atom stereocenters. The Labute approximate surface area is 160 Å². The lowest BCUT2D eigenvalue weighted by molar-refractivity contribution is -0.133. The molecule has 27 heavy (non-hydrogen) atoms. The lowest BCUT2D eigenvalue weighted by Gasteiger charge is -2.37. The second-order valence-electron chi connectivity index (χ2n) is 8.42. The average Bonchev–Trinajstić information content (AvgIpc) is 3.42. The van der Waals surface area contributed by atoms with Gasteiger partial charge in [-0.2, -0.15) is 5.10 Å². The first-order chi connectivity index (χ1) is 13.1. The van der Waals surface area contributed by atoms with Crippen LogP contribution in [0.3, 0.4) is 0 Å². The number of anilines is 1. The highest BCUT2D eigenvalue weighted by Crippen LogP contribution is 2.37. The second-order valence-corrected chi connectivity index (χ2v) is 8.42. The van der Waals surface area contributed by atoms with Gasteiger partial charge in [0.25, 0.3) is 5.56 Å². The van der Waals surface area contributed by atoms with Crippen LogP contribution in [-0.2, 0) is 11.8 Å². The van der Waals surface area contributed by atoms with Crippen LogP contribution in [-0.4, -0.2) is 58.9 Å². The van der Waals surface area contributed by atoms with Crippen molar-refractivity contribution in [2.24, 2.45) is 13.0 Å². The van der Waals surface area contributed by atoms with Crippen LogP contribution in [0.2, 0.25) is 0 Å². The second kappa shape index (κ2) is 7.62. The van der Waals surface area contributed by atoms with Gasteiger partial charge in [-0.25, -0.2) is 4.68 Å². The molecule has 1 atom stereocenters. The minimum atomic E-state index is -0.246. The third kappa shape index (κ3) is 3.61. The molecule has 0 aromatic carbocycles. The number of nitrogens with one attached hydrogen (secondary N) is 1. The van der Waals surface area contributed by atoms with Gasteiger partial charge in [-0.1, -0.05) is 12.8 Å². The molecule has 3 fully saturated rings. The smallest absolute Gasteiger partial charge is 0.268 e. The van der Waals surface area contributed by atoms with Crippen LogP contribution in [0.4, 0.5) is 5.69 Å². The molecule has 1 N–H and O–H groups in total. The van der Waals surface area contributed by atoms with Gasteiger partial charge in [-0.15, -0.1) is 0 Å². The van der Waals surface area contributed by atoms with Gasteiger partial charge in [0, 0.05) is 32.7 Å². The van der Waals surface area contributed by atoms with E-state index in [2.05, 4.69) is 20.2 Å². The summed E-state index contributed by atoms with van der Waals surface area (Å²) in [6.07, 6.45) is 9.57. The summed E-state index contributed by atoms with van der Waals surface area (Å²) >= 11 is 0. The van der Waals surface area contributed by atoms with Crippen molar-refractivity contribution in [3.8, 4) is 0 Å². The van der Waals surface area contributed by atoms with Crippen LogP contribution >= 0.6 is 0 Å². The van der Waals surface area contributed by atoms with E-state index >= 15 is 0 Å². The van der Waals surface area contributed by atoms with Crippen LogP contribution in [0.5, 0.6) is 0 Å². The topological polar surface area (TPSA) is 70.5 Å². The first kappa shape index (κ1) is 18.5. The fourth-order valence-corrected chi connectivity index (χ4v) is 5.06. The summed E-state index contributed by atoms with van der Waals surface area (Å²) in [6.45, 7) is 4.64. The van der Waals surface area contributed by atoms with Crippen molar-refractivity contribution in [3.63, 3.8) is 0 Å². The van der Waals surface area contributed by atoms with Crippen molar-refractivity contribution in [2.45, 2.75) is 50.5 Å². The normalized spacial score (nSPS) is 25.2. The number of hydrogen-bond donors (Lipinski definition) is 1. The molecular weight excluding hydrogens is 342 g/mol. The van der Waals surface area contributed by atoms with Gasteiger partial charge in [0.2, 0.25) is 5.91 Å². The molecule has 3 heterocycles. The third-order valence-corrected chi connectivity index (χ3v) is 6.72. The summed E-state index contributed by atoms with van der Waals surface area (Å²) in [5.74, 6) is 0.672. The molecule has 0 spiro atoms. The Morgan fingerprint density at radius 2 is 1.96 bits per heavy atom. The van der Waals surface area contributed by atoms with Crippen molar-refractivity contribution in [1.82, 2.24) is 20.0 Å². The first-order valence-corrected chi connectivity index (χ1v) is 10.4. The van der Waals surface area contributed by atoms with E-state index in [0.29, 0.717) is 5.92 Å². The van der Waals surface area contributed by atoms with E-state index in [0.717, 1.165) is 70.5 Å². The Morgan fingerprint density at radius 1 is 1.22 bits per heavy atom. The molecule has 1 aliphatic carbocycles. The maximum absolute atomic E-state index is 13.1. The number of rotatable bonds is 5. The van der Waals surface area contributed by atoms with E-state index in [1.165, 1.54) is 17.5 Å². The first-order valence-electron chi connectivity index (χ1n) is 10.4. The molecule has 2 saturated heterocycles. The highest BCUT2D eigenvalue weighted by molar-refractivity contribution is 5.86. The van der Waals surface area contributed by atoms with Crippen LogP contribution in [0.1, 0.15) is 44.9 Å². The molecule has 7 heteroatoms. The Kier molecular flexibility index (Phi) is 5.21. The molecule has 1 saturated carbocycles. The molecule has 7 nitrogen and oxygen atoms in total. The van der Waals surface area contributed by atoms with Gasteiger partial charge < -0.3 is 10.2 Å². The molecule has 0 radical (unpaired) electrons. The van der Waals surface area contributed by atoms with Crippen molar-refractivity contribution >= 4 is 11.6 Å². The van der Waals surface area contributed by atoms with E-state index in [-0.39, 0.29) is 17.0 Å². The minimum absolute atomic E-state index is 0.0851. The average molecular weight is 374 g/mol. The lowest BCUT2D eigenvalue weighted by Crippen LogP contribution is -2.56. The SMILES string of the molecule is Cn1ncc(N2CC[C@@H](CNC(=O)C3(N4CCCC4)CCCC3)C2)cc1=O. The van der Waals surface area contributed by atoms with E-state index in [4.69, 9.17) is 0 Å². The maximum Gasteiger partial charge on any atom is 0.268 e. The highest BCUT2D eigenvalue weighted by atomic mass is 16.2. The van der Waals surface area contributed by atoms with Crippen molar-refractivity contribution < 1.29 is 4.79 Å². The minimum Gasteiger partial charge on any atom is -0.370 e. The zero-order chi connectivity index (χ0) is 18.9. The highest BCUT2D eigenvalue weighted by Gasteiger charge is 2.46. The number of hydrogen-bond acceptors (Lipinski definition) is 5. The predicted octanol–water partition coefficient (Wildman–Crippen LogP) is 1.13. The summed E-state index contributed by atoms with van der Waals surface area (Å²) in [6, 6.07) is 1.65. The molecular formula is C20H31N5O2. The van der Waals surface area contributed by atoms with Gasteiger partial charge in [-0.05, 0) is 51.1 Å². The Morgan fingerprint density at radius 3 is 2.67 bits per heavy atom. The van der Waals surface area contributed by atoms with Crippen LogP contribution in [0.25, 0.3) is 0 Å². The number of likely N-dealkylation sites (tertiary alicyclic amines) is 1. The molecule has 1 aromatic rings. The number of carbonyl (C=O) groups excluding carboxylic acids is 1. The quantitative estimate of drug-likeness (QED) is 0.838. The summed E-state index contributed by atoms with van der Waals surface area (Å²) in [4.78, 5) is 29.6. The number of carbonyl (C=O) groups is 1. The Bertz CT molecular complexity index is 734. The number of aromatic nitrogens is 2. The zero-order valence-corrected chi connectivity index (χ0v) is 16.3. The summed E-state index contributed by atoms with van der Waals surface area (Å²) in [5, 5.41) is 7.40. The molecule has 1 aromatic heterocycles. The Balaban J connectivity index is 1.34. The fraction of sp³-hybridized carbons (Fsp3) is 0.750. The molecule has 148 valence electrons. The monoisotopic (exact) mass is 373 g/mol. The van der Waals surface area contributed by atoms with Crippen molar-refractivity contribution in [1.29, 1.82) is 0 Å². The standard InChI is InChI=1S/C20H31N5O2/c1-23-18(26)12-17(14-22-23)24-11-6-16(15-24)13-21-19(27)20(7-2-3-8-20)25-9-4-5-10-25/h12,14,16H,2-11,13,15H2,1H3,(H,21,27)/t16-/m0/s1. The van der Waals surface area contributed by atoms with Gasteiger partial charge >= 0.3 is 0 Å². The fourth-order valence-electron chi connectivity index (χ4n) is 5.06. The predicted molar refractivity (Wildman–Crippen MR) is 105 cm³/mol. The van der Waals surface area contributed by atoms with Gasteiger partial charge in [0.15, 0.2) is 0 Å². The molecule has 2 aliphatic heterocycles. The molecule has 1 amide bonds. The van der Waals surface area contributed by atoms with Crippen molar-refractivity contribution in [3.05, 3.63) is 22.6 Å². The molecule has 0 bridgehead atoms. The van der Waals surface area contributed by atoms with Crippen LogP contribution < -0.4 is 15.8 Å². The zero-order valence-electron chi connectivity index (χ0n) is 16.3. The summed E-state index contributed by atoms with van der Waals surface area (Å²) < 4.78 is 1.34. The van der Waals surface area contributed by atoms with E-state index in [1.54, 1.807) is 19.3 Å². The number of nitrogens with zero attached hydrogens (tertiary/aromatic N) is 4. The van der Waals surface area contributed by atoms with Crippen LogP contribution in [0, 0.1) is 5.92 Å². The number of aryl methyl sites for hydroxylation is 1. The summed E-state index contributed by atoms with van der Waals surface area (Å²) in [7, 11) is 1.66. The maximum atomic E-state index is 13.1. The van der Waals surface area contributed by atoms with Crippen molar-refractivity contribution in [2.75, 3.05) is 37.6 Å². The third-order valence-electron chi connectivity index (χ3n) is 6.72. The van der Waals surface area contributed by atoms with E-state index < -0.39 is 0 Å². The lowest BCUT2D eigenvalue weighted by atomic mass is 9.93. The largest absolute Gasteiger partial charge is 0.370 e. The molecule has 4 rings (SSSR count).